The molecule has 0 saturated heterocycles. The van der Waals surface area contributed by atoms with Gasteiger partial charge in [-0.15, -0.1) is 0 Å². The lowest BCUT2D eigenvalue weighted by Crippen LogP contribution is -2.50. The van der Waals surface area contributed by atoms with Gasteiger partial charge in [0.25, 0.3) is 5.91 Å². The van der Waals surface area contributed by atoms with Crippen LogP contribution in [0.5, 0.6) is 0 Å². The van der Waals surface area contributed by atoms with Crippen molar-refractivity contribution in [1.29, 1.82) is 0 Å². The lowest BCUT2D eigenvalue weighted by molar-refractivity contribution is -0.170. The van der Waals surface area contributed by atoms with Crippen LogP contribution in [0.1, 0.15) is 19.4 Å². The third kappa shape index (κ3) is 3.58. The molecule has 1 rings (SSSR count). The molecule has 0 aliphatic heterocycles. The van der Waals surface area contributed by atoms with Gasteiger partial charge in [-0.2, -0.15) is 0 Å². The fourth-order valence-corrected chi connectivity index (χ4v) is 2.02. The van der Waals surface area contributed by atoms with E-state index < -0.39 is 17.5 Å². The summed E-state index contributed by atoms with van der Waals surface area (Å²) in [5, 5.41) is 2.68. The highest BCUT2D eigenvalue weighted by Gasteiger charge is 2.43. The summed E-state index contributed by atoms with van der Waals surface area (Å²) in [6.07, 6.45) is 0. The van der Waals surface area contributed by atoms with Crippen LogP contribution in [0.3, 0.4) is 0 Å². The Hall–Kier alpha value is -1.40. The van der Waals surface area contributed by atoms with Gasteiger partial charge in [0.15, 0.2) is 0 Å². The van der Waals surface area contributed by atoms with Crippen molar-refractivity contribution >= 4 is 33.5 Å². The largest absolute Gasteiger partial charge is 0.463 e. The number of amides is 1. The number of methoxy groups -OCH3 is 1. The quantitative estimate of drug-likeness (QED) is 0.659. The van der Waals surface area contributed by atoms with Gasteiger partial charge >= 0.3 is 5.97 Å². The predicted octanol–water partition coefficient (Wildman–Crippen LogP) is 2.66. The maximum atomic E-state index is 12.3. The predicted molar refractivity (Wildman–Crippen MR) is 79.6 cm³/mol. The first-order chi connectivity index (χ1) is 9.35. The Morgan fingerprint density at radius 2 is 2.05 bits per heavy atom. The van der Waals surface area contributed by atoms with Crippen molar-refractivity contribution in [2.24, 2.45) is 0 Å². The molecule has 0 heterocycles. The standard InChI is InChI=1S/C14H18BrNO4/c1-5-20-13(18)14(3,19-4)12(17)16-11-7-6-10(15)8-9(11)2/h6-8H,5H2,1-4H3,(H,16,17). The molecule has 1 atom stereocenters. The fraction of sp³-hybridized carbons (Fsp3) is 0.429. The van der Waals surface area contributed by atoms with Crippen LogP contribution in [0.4, 0.5) is 5.69 Å². The number of halogens is 1. The van der Waals surface area contributed by atoms with E-state index in [0.29, 0.717) is 5.69 Å². The molecule has 0 radical (unpaired) electrons. The van der Waals surface area contributed by atoms with E-state index in [-0.39, 0.29) is 6.61 Å². The third-order valence-electron chi connectivity index (χ3n) is 2.94. The molecule has 0 saturated carbocycles. The summed E-state index contributed by atoms with van der Waals surface area (Å²) in [6.45, 7) is 5.09. The van der Waals surface area contributed by atoms with Crippen molar-refractivity contribution < 1.29 is 19.1 Å². The van der Waals surface area contributed by atoms with Gasteiger partial charge in [-0.25, -0.2) is 4.79 Å². The number of hydrogen-bond donors (Lipinski definition) is 1. The molecule has 0 spiro atoms. The number of benzene rings is 1. The van der Waals surface area contributed by atoms with Crippen LogP contribution >= 0.6 is 15.9 Å². The number of rotatable bonds is 5. The number of aryl methyl sites for hydroxylation is 1. The molecule has 6 heteroatoms. The normalized spacial score (nSPS) is 13.4. The van der Waals surface area contributed by atoms with Crippen LogP contribution in [0.2, 0.25) is 0 Å². The lowest BCUT2D eigenvalue weighted by Gasteiger charge is -2.24. The second kappa shape index (κ2) is 6.85. The summed E-state index contributed by atoms with van der Waals surface area (Å²) in [5.74, 6) is -1.28. The van der Waals surface area contributed by atoms with Crippen molar-refractivity contribution in [2.75, 3.05) is 19.0 Å². The Labute approximate surface area is 126 Å². The molecule has 0 bridgehead atoms. The minimum Gasteiger partial charge on any atom is -0.463 e. The molecule has 20 heavy (non-hydrogen) atoms. The van der Waals surface area contributed by atoms with Gasteiger partial charge in [0, 0.05) is 17.3 Å². The Morgan fingerprint density at radius 3 is 2.55 bits per heavy atom. The van der Waals surface area contributed by atoms with E-state index in [0.717, 1.165) is 10.0 Å². The molecule has 1 amide bonds. The minimum atomic E-state index is -1.67. The molecule has 0 fully saturated rings. The second-order valence-electron chi connectivity index (χ2n) is 4.37. The molecule has 1 aromatic carbocycles. The zero-order chi connectivity index (χ0) is 15.3. The first-order valence-corrected chi connectivity index (χ1v) is 6.94. The van der Waals surface area contributed by atoms with Gasteiger partial charge in [-0.1, -0.05) is 15.9 Å². The van der Waals surface area contributed by atoms with Gasteiger partial charge in [-0.3, -0.25) is 4.79 Å². The van der Waals surface area contributed by atoms with E-state index in [9.17, 15) is 9.59 Å². The van der Waals surface area contributed by atoms with Gasteiger partial charge < -0.3 is 14.8 Å². The molecule has 0 aromatic heterocycles. The summed E-state index contributed by atoms with van der Waals surface area (Å²) in [7, 11) is 1.30. The van der Waals surface area contributed by atoms with E-state index in [1.807, 2.05) is 13.0 Å². The summed E-state index contributed by atoms with van der Waals surface area (Å²) >= 11 is 3.35. The summed E-state index contributed by atoms with van der Waals surface area (Å²) in [5.41, 5.74) is -0.184. The molecular formula is C14H18BrNO4. The SMILES string of the molecule is CCOC(=O)C(C)(OC)C(=O)Nc1ccc(Br)cc1C. The number of carbonyl (C=O) groups excluding carboxylic acids is 2. The maximum absolute atomic E-state index is 12.3. The minimum absolute atomic E-state index is 0.183. The van der Waals surface area contributed by atoms with Crippen molar-refractivity contribution in [3.63, 3.8) is 0 Å². The Balaban J connectivity index is 2.95. The van der Waals surface area contributed by atoms with Crippen molar-refractivity contribution in [3.8, 4) is 0 Å². The number of esters is 1. The van der Waals surface area contributed by atoms with Gasteiger partial charge in [-0.05, 0) is 44.5 Å². The number of nitrogens with one attached hydrogen (secondary N) is 1. The Bertz CT molecular complexity index is 518. The number of ether oxygens (including phenoxy) is 2. The van der Waals surface area contributed by atoms with Crippen LogP contribution in [-0.2, 0) is 19.1 Å². The smallest absolute Gasteiger partial charge is 0.348 e. The van der Waals surface area contributed by atoms with Gasteiger partial charge in [0.2, 0.25) is 5.60 Å². The van der Waals surface area contributed by atoms with E-state index in [2.05, 4.69) is 21.2 Å². The molecule has 110 valence electrons. The summed E-state index contributed by atoms with van der Waals surface area (Å²) in [6, 6.07) is 5.42. The third-order valence-corrected chi connectivity index (χ3v) is 3.44. The van der Waals surface area contributed by atoms with E-state index >= 15 is 0 Å². The number of hydrogen-bond acceptors (Lipinski definition) is 4. The molecule has 0 aliphatic carbocycles. The number of carbonyl (C=O) groups is 2. The van der Waals surface area contributed by atoms with Crippen molar-refractivity contribution in [1.82, 2.24) is 0 Å². The topological polar surface area (TPSA) is 64.6 Å². The molecule has 5 nitrogen and oxygen atoms in total. The van der Waals surface area contributed by atoms with E-state index in [1.165, 1.54) is 14.0 Å². The van der Waals surface area contributed by atoms with E-state index in [4.69, 9.17) is 9.47 Å². The molecule has 1 aromatic rings. The van der Waals surface area contributed by atoms with Crippen molar-refractivity contribution in [3.05, 3.63) is 28.2 Å². The Kier molecular flexibility index (Phi) is 5.71. The average molecular weight is 344 g/mol. The molecule has 1 N–H and O–H groups in total. The van der Waals surface area contributed by atoms with Crippen LogP contribution in [0.15, 0.2) is 22.7 Å². The fourth-order valence-electron chi connectivity index (χ4n) is 1.55. The highest BCUT2D eigenvalue weighted by Crippen LogP contribution is 2.22. The van der Waals surface area contributed by atoms with Crippen LogP contribution in [0, 0.1) is 6.92 Å². The van der Waals surface area contributed by atoms with Gasteiger partial charge in [0.05, 0.1) is 6.61 Å². The molecular weight excluding hydrogens is 326 g/mol. The maximum Gasteiger partial charge on any atom is 0.348 e. The Morgan fingerprint density at radius 1 is 1.40 bits per heavy atom. The zero-order valence-electron chi connectivity index (χ0n) is 12.0. The number of anilines is 1. The second-order valence-corrected chi connectivity index (χ2v) is 5.29. The highest BCUT2D eigenvalue weighted by molar-refractivity contribution is 9.10. The zero-order valence-corrected chi connectivity index (χ0v) is 13.5. The van der Waals surface area contributed by atoms with Crippen LogP contribution < -0.4 is 5.32 Å². The first kappa shape index (κ1) is 16.7. The summed E-state index contributed by atoms with van der Waals surface area (Å²) in [4.78, 5) is 24.1. The molecule has 0 aliphatic rings. The van der Waals surface area contributed by atoms with E-state index in [1.54, 1.807) is 19.1 Å². The van der Waals surface area contributed by atoms with Crippen molar-refractivity contribution in [2.45, 2.75) is 26.4 Å². The van der Waals surface area contributed by atoms with Gasteiger partial charge in [0.1, 0.15) is 0 Å². The monoisotopic (exact) mass is 343 g/mol. The average Bonchev–Trinajstić information content (AvgIpc) is 2.41. The molecule has 1 unspecified atom stereocenters. The van der Waals surface area contributed by atoms with Crippen LogP contribution in [-0.4, -0.2) is 31.2 Å². The summed E-state index contributed by atoms with van der Waals surface area (Å²) < 4.78 is 10.8. The highest BCUT2D eigenvalue weighted by atomic mass is 79.9. The first-order valence-electron chi connectivity index (χ1n) is 6.15. The van der Waals surface area contributed by atoms with Crippen LogP contribution in [0.25, 0.3) is 0 Å². The lowest BCUT2D eigenvalue weighted by atomic mass is 10.1.